The van der Waals surface area contributed by atoms with E-state index in [1.807, 2.05) is 0 Å². The summed E-state index contributed by atoms with van der Waals surface area (Å²) in [5.74, 6) is 0. The van der Waals surface area contributed by atoms with Crippen LogP contribution in [0.4, 0.5) is 0 Å². The van der Waals surface area contributed by atoms with Crippen LogP contribution < -0.4 is 5.32 Å². The standard InChI is InChI=1S/C17H35N3/c1-4-20-12-8-16(9-13-20)19(3)15-17(14-18-2)10-6-5-7-11-17/h16,18H,4-15H2,1-3H3. The van der Waals surface area contributed by atoms with E-state index in [0.717, 1.165) is 6.04 Å². The molecule has 3 nitrogen and oxygen atoms in total. The SMILES string of the molecule is CCN1CCC(N(C)CC2(CNC)CCCCC2)CC1. The van der Waals surface area contributed by atoms with Gasteiger partial charge in [0.15, 0.2) is 0 Å². The van der Waals surface area contributed by atoms with E-state index in [4.69, 9.17) is 0 Å². The number of likely N-dealkylation sites (tertiary alicyclic amines) is 1. The number of nitrogens with one attached hydrogen (secondary N) is 1. The topological polar surface area (TPSA) is 18.5 Å². The van der Waals surface area contributed by atoms with Crippen molar-refractivity contribution in [2.24, 2.45) is 5.41 Å². The van der Waals surface area contributed by atoms with Gasteiger partial charge in [-0.25, -0.2) is 0 Å². The van der Waals surface area contributed by atoms with Crippen LogP contribution in [0.5, 0.6) is 0 Å². The predicted octanol–water partition coefficient (Wildman–Crippen LogP) is 2.57. The Morgan fingerprint density at radius 3 is 2.35 bits per heavy atom. The number of piperidine rings is 1. The highest BCUT2D eigenvalue weighted by molar-refractivity contribution is 4.89. The summed E-state index contributed by atoms with van der Waals surface area (Å²) in [7, 11) is 4.49. The average molecular weight is 281 g/mol. The van der Waals surface area contributed by atoms with Crippen LogP contribution in [0.2, 0.25) is 0 Å². The van der Waals surface area contributed by atoms with E-state index in [1.54, 1.807) is 0 Å². The molecule has 0 aromatic carbocycles. The van der Waals surface area contributed by atoms with Crippen molar-refractivity contribution in [2.45, 2.75) is 57.9 Å². The monoisotopic (exact) mass is 281 g/mol. The van der Waals surface area contributed by atoms with Crippen LogP contribution in [0.3, 0.4) is 0 Å². The molecular formula is C17H35N3. The molecule has 1 saturated heterocycles. The summed E-state index contributed by atoms with van der Waals surface area (Å²) in [5.41, 5.74) is 0.545. The van der Waals surface area contributed by atoms with E-state index >= 15 is 0 Å². The number of hydrogen-bond acceptors (Lipinski definition) is 3. The minimum absolute atomic E-state index is 0.545. The quantitative estimate of drug-likeness (QED) is 0.807. The first-order chi connectivity index (χ1) is 9.69. The van der Waals surface area contributed by atoms with Gasteiger partial charge in [0, 0.05) is 19.1 Å². The van der Waals surface area contributed by atoms with Gasteiger partial charge in [0.25, 0.3) is 0 Å². The molecule has 2 rings (SSSR count). The number of hydrogen-bond donors (Lipinski definition) is 1. The van der Waals surface area contributed by atoms with Crippen molar-refractivity contribution in [3.8, 4) is 0 Å². The first-order valence-corrected chi connectivity index (χ1v) is 8.76. The van der Waals surface area contributed by atoms with Crippen LogP contribution in [0, 0.1) is 5.41 Å². The zero-order chi connectivity index (χ0) is 14.4. The Kier molecular flexibility index (Phi) is 6.31. The molecule has 0 aromatic rings. The van der Waals surface area contributed by atoms with Crippen molar-refractivity contribution in [1.82, 2.24) is 15.1 Å². The Labute approximate surface area is 126 Å². The maximum Gasteiger partial charge on any atom is 0.0117 e. The summed E-state index contributed by atoms with van der Waals surface area (Å²) >= 11 is 0. The van der Waals surface area contributed by atoms with Gasteiger partial charge in [-0.05, 0) is 64.8 Å². The van der Waals surface area contributed by atoms with Crippen molar-refractivity contribution in [1.29, 1.82) is 0 Å². The third kappa shape index (κ3) is 4.19. The second-order valence-corrected chi connectivity index (χ2v) is 7.17. The molecule has 1 N–H and O–H groups in total. The maximum atomic E-state index is 3.47. The van der Waals surface area contributed by atoms with Gasteiger partial charge in [-0.3, -0.25) is 0 Å². The molecule has 1 saturated carbocycles. The highest BCUT2D eigenvalue weighted by Gasteiger charge is 2.34. The highest BCUT2D eigenvalue weighted by atomic mass is 15.2. The molecule has 0 spiro atoms. The first kappa shape index (κ1) is 16.3. The van der Waals surface area contributed by atoms with Gasteiger partial charge in [-0.2, -0.15) is 0 Å². The smallest absolute Gasteiger partial charge is 0.0117 e. The lowest BCUT2D eigenvalue weighted by Crippen LogP contribution is -2.49. The highest BCUT2D eigenvalue weighted by Crippen LogP contribution is 2.37. The van der Waals surface area contributed by atoms with Crippen LogP contribution in [-0.4, -0.2) is 62.7 Å². The third-order valence-corrected chi connectivity index (χ3v) is 5.68. The lowest BCUT2D eigenvalue weighted by atomic mass is 9.73. The van der Waals surface area contributed by atoms with Crippen LogP contribution in [0.25, 0.3) is 0 Å². The molecular weight excluding hydrogens is 246 g/mol. The second kappa shape index (κ2) is 7.77. The lowest BCUT2D eigenvalue weighted by molar-refractivity contribution is 0.0655. The summed E-state index contributed by atoms with van der Waals surface area (Å²) in [6.45, 7) is 8.60. The van der Waals surface area contributed by atoms with Gasteiger partial charge >= 0.3 is 0 Å². The summed E-state index contributed by atoms with van der Waals surface area (Å²) < 4.78 is 0. The van der Waals surface area contributed by atoms with Crippen molar-refractivity contribution >= 4 is 0 Å². The molecule has 1 aliphatic carbocycles. The zero-order valence-electron chi connectivity index (χ0n) is 14.0. The van der Waals surface area contributed by atoms with Crippen LogP contribution >= 0.6 is 0 Å². The fraction of sp³-hybridized carbons (Fsp3) is 1.00. The lowest BCUT2D eigenvalue weighted by Gasteiger charge is -2.44. The van der Waals surface area contributed by atoms with Gasteiger partial charge in [0.05, 0.1) is 0 Å². The number of rotatable bonds is 6. The predicted molar refractivity (Wildman–Crippen MR) is 87.2 cm³/mol. The number of nitrogens with zero attached hydrogens (tertiary/aromatic N) is 2. The summed E-state index contributed by atoms with van der Waals surface area (Å²) in [6, 6.07) is 0.813. The molecule has 1 aliphatic heterocycles. The molecule has 118 valence electrons. The van der Waals surface area contributed by atoms with E-state index in [2.05, 4.69) is 36.1 Å². The Morgan fingerprint density at radius 1 is 1.15 bits per heavy atom. The van der Waals surface area contributed by atoms with E-state index in [0.29, 0.717) is 5.41 Å². The van der Waals surface area contributed by atoms with Gasteiger partial charge < -0.3 is 15.1 Å². The van der Waals surface area contributed by atoms with Crippen molar-refractivity contribution in [3.05, 3.63) is 0 Å². The average Bonchev–Trinajstić information content (AvgIpc) is 2.48. The van der Waals surface area contributed by atoms with Gasteiger partial charge in [-0.15, -0.1) is 0 Å². The second-order valence-electron chi connectivity index (χ2n) is 7.17. The molecule has 3 heteroatoms. The molecule has 0 unspecified atom stereocenters. The van der Waals surface area contributed by atoms with E-state index in [-0.39, 0.29) is 0 Å². The zero-order valence-corrected chi connectivity index (χ0v) is 14.0. The molecule has 2 aliphatic rings. The molecule has 1 heterocycles. The molecule has 0 radical (unpaired) electrons. The molecule has 0 atom stereocenters. The maximum absolute atomic E-state index is 3.47. The molecule has 0 bridgehead atoms. The molecule has 20 heavy (non-hydrogen) atoms. The van der Waals surface area contributed by atoms with Crippen molar-refractivity contribution in [3.63, 3.8) is 0 Å². The molecule has 0 aromatic heterocycles. The van der Waals surface area contributed by atoms with E-state index in [1.165, 1.54) is 77.7 Å². The summed E-state index contributed by atoms with van der Waals surface area (Å²) in [5, 5.41) is 3.47. The summed E-state index contributed by atoms with van der Waals surface area (Å²) in [6.07, 6.45) is 9.88. The van der Waals surface area contributed by atoms with Crippen LogP contribution in [0.1, 0.15) is 51.9 Å². The minimum Gasteiger partial charge on any atom is -0.319 e. The van der Waals surface area contributed by atoms with Crippen LogP contribution in [0.15, 0.2) is 0 Å². The largest absolute Gasteiger partial charge is 0.319 e. The fourth-order valence-electron chi connectivity index (χ4n) is 4.40. The Bertz CT molecular complexity index is 260. The van der Waals surface area contributed by atoms with Gasteiger partial charge in [0.1, 0.15) is 0 Å². The normalized spacial score (nSPS) is 25.2. The Balaban J connectivity index is 1.86. The van der Waals surface area contributed by atoms with Gasteiger partial charge in [-0.1, -0.05) is 26.2 Å². The summed E-state index contributed by atoms with van der Waals surface area (Å²) in [4.78, 5) is 5.28. The minimum atomic E-state index is 0.545. The first-order valence-electron chi connectivity index (χ1n) is 8.76. The van der Waals surface area contributed by atoms with Crippen molar-refractivity contribution < 1.29 is 0 Å². The molecule has 2 fully saturated rings. The molecule has 0 amide bonds. The Hall–Kier alpha value is -0.120. The Morgan fingerprint density at radius 2 is 1.80 bits per heavy atom. The fourth-order valence-corrected chi connectivity index (χ4v) is 4.40. The van der Waals surface area contributed by atoms with E-state index in [9.17, 15) is 0 Å². The van der Waals surface area contributed by atoms with Crippen molar-refractivity contribution in [2.75, 3.05) is 46.8 Å². The van der Waals surface area contributed by atoms with Gasteiger partial charge in [0.2, 0.25) is 0 Å². The third-order valence-electron chi connectivity index (χ3n) is 5.68. The van der Waals surface area contributed by atoms with E-state index < -0.39 is 0 Å². The van der Waals surface area contributed by atoms with Crippen LogP contribution in [-0.2, 0) is 0 Å².